The third-order valence-corrected chi connectivity index (χ3v) is 5.20. The highest BCUT2D eigenvalue weighted by Gasteiger charge is 2.35. The zero-order valence-corrected chi connectivity index (χ0v) is 18.4. The lowest BCUT2D eigenvalue weighted by Gasteiger charge is -2.21. The number of benzene rings is 1. The molecule has 0 saturated heterocycles. The predicted molar refractivity (Wildman–Crippen MR) is 122 cm³/mol. The molecule has 4 rings (SSSR count). The van der Waals surface area contributed by atoms with E-state index in [-0.39, 0.29) is 23.8 Å². The molecule has 4 aromatic rings. The lowest BCUT2D eigenvalue weighted by molar-refractivity contribution is -0.142. The molecule has 0 radical (unpaired) electrons. The Balaban J connectivity index is 1.57. The molecule has 2 aromatic heterocycles. The second-order valence-electron chi connectivity index (χ2n) is 7.81. The first-order valence-electron chi connectivity index (χ1n) is 10.4. The second kappa shape index (κ2) is 9.20. The summed E-state index contributed by atoms with van der Waals surface area (Å²) in [4.78, 5) is 45.1. The molecule has 0 aliphatic rings. The van der Waals surface area contributed by atoms with Crippen LogP contribution in [0.1, 0.15) is 30.9 Å². The van der Waals surface area contributed by atoms with E-state index in [1.54, 1.807) is 56.7 Å². The maximum Gasteiger partial charge on any atom is 0.313 e. The number of esters is 1. The summed E-state index contributed by atoms with van der Waals surface area (Å²) in [5.74, 6) is -0.619. The number of rotatable bonds is 8. The average molecular weight is 446 g/mol. The van der Waals surface area contributed by atoms with E-state index in [4.69, 9.17) is 14.2 Å². The van der Waals surface area contributed by atoms with Gasteiger partial charge >= 0.3 is 5.97 Å². The van der Waals surface area contributed by atoms with Gasteiger partial charge in [-0.2, -0.15) is 0 Å². The first-order valence-corrected chi connectivity index (χ1v) is 10.4. The van der Waals surface area contributed by atoms with Gasteiger partial charge in [-0.1, -0.05) is 12.1 Å². The number of carbonyl (C=O) groups is 1. The monoisotopic (exact) mass is 446 g/mol. The summed E-state index contributed by atoms with van der Waals surface area (Å²) in [7, 11) is 1.24. The Morgan fingerprint density at radius 1 is 1.00 bits per heavy atom. The van der Waals surface area contributed by atoms with E-state index in [1.807, 2.05) is 12.1 Å². The lowest BCUT2D eigenvalue weighted by Crippen LogP contribution is -2.41. The van der Waals surface area contributed by atoms with Crippen molar-refractivity contribution in [2.75, 3.05) is 7.11 Å². The Morgan fingerprint density at radius 2 is 1.73 bits per heavy atom. The molecule has 0 N–H and O–H groups in total. The largest absolute Gasteiger partial charge is 0.486 e. The molecular weight excluding hydrogens is 424 g/mol. The third kappa shape index (κ3) is 4.45. The van der Waals surface area contributed by atoms with Crippen LogP contribution < -0.4 is 20.3 Å². The fraction of sp³-hybridized carbons (Fsp3) is 0.240. The van der Waals surface area contributed by atoms with E-state index in [2.05, 4.69) is 9.97 Å². The van der Waals surface area contributed by atoms with E-state index in [0.29, 0.717) is 11.6 Å². The van der Waals surface area contributed by atoms with E-state index < -0.39 is 22.7 Å². The van der Waals surface area contributed by atoms with Crippen LogP contribution >= 0.6 is 0 Å². The maximum absolute atomic E-state index is 12.5. The van der Waals surface area contributed by atoms with E-state index >= 15 is 0 Å². The smallest absolute Gasteiger partial charge is 0.313 e. The van der Waals surface area contributed by atoms with Crippen LogP contribution in [0.15, 0.2) is 64.6 Å². The van der Waals surface area contributed by atoms with Crippen molar-refractivity contribution in [2.45, 2.75) is 32.3 Å². The minimum atomic E-state index is -0.938. The van der Waals surface area contributed by atoms with Crippen molar-refractivity contribution in [3.63, 3.8) is 0 Å². The van der Waals surface area contributed by atoms with Crippen LogP contribution in [0.25, 0.3) is 10.8 Å². The summed E-state index contributed by atoms with van der Waals surface area (Å²) >= 11 is 0. The molecule has 0 saturated carbocycles. The molecule has 168 valence electrons. The minimum Gasteiger partial charge on any atom is -0.486 e. The minimum absolute atomic E-state index is 0.0546. The summed E-state index contributed by atoms with van der Waals surface area (Å²) in [6.45, 7) is 3.49. The molecule has 1 unspecified atom stereocenters. The van der Waals surface area contributed by atoms with Gasteiger partial charge in [-0.05, 0) is 55.5 Å². The van der Waals surface area contributed by atoms with Gasteiger partial charge in [0.05, 0.1) is 30.1 Å². The molecule has 33 heavy (non-hydrogen) atoms. The van der Waals surface area contributed by atoms with Crippen LogP contribution in [0.3, 0.4) is 0 Å². The highest BCUT2D eigenvalue weighted by Crippen LogP contribution is 2.30. The van der Waals surface area contributed by atoms with E-state index in [1.165, 1.54) is 7.11 Å². The number of nitrogens with zero attached hydrogens (tertiary/aromatic N) is 2. The molecule has 8 nitrogen and oxygen atoms in total. The number of fused-ring (bicyclic) bond motifs is 1. The fourth-order valence-electron chi connectivity index (χ4n) is 3.61. The number of methoxy groups -OCH3 is 1. The number of carbonyl (C=O) groups excluding carboxylic acids is 1. The third-order valence-electron chi connectivity index (χ3n) is 5.20. The van der Waals surface area contributed by atoms with Crippen molar-refractivity contribution in [3.8, 4) is 17.4 Å². The van der Waals surface area contributed by atoms with Gasteiger partial charge in [-0.3, -0.25) is 19.4 Å². The highest BCUT2D eigenvalue weighted by molar-refractivity contribution is 5.85. The molecule has 2 heterocycles. The number of pyridine rings is 2. The normalized spacial score (nSPS) is 12.1. The summed E-state index contributed by atoms with van der Waals surface area (Å²) in [6, 6.07) is 10.8. The van der Waals surface area contributed by atoms with Gasteiger partial charge in [0.2, 0.25) is 11.3 Å². The zero-order chi connectivity index (χ0) is 23.5. The Morgan fingerprint density at radius 3 is 2.42 bits per heavy atom. The standard InChI is InChI=1S/C25H22N2O6/c1-14(2)32-23-20(21(28)22(23)29)18(25(30)31-3)12-15-4-6-17(7-5-15)33-24-19-13-26-10-8-16(19)9-11-27-24/h4-11,13-14,18H,12H2,1-3H3. The second-order valence-corrected chi connectivity index (χ2v) is 7.81. The van der Waals surface area contributed by atoms with Gasteiger partial charge < -0.3 is 14.2 Å². The number of hydrogen-bond donors (Lipinski definition) is 0. The van der Waals surface area contributed by atoms with Gasteiger partial charge in [0.15, 0.2) is 5.75 Å². The molecule has 0 aliphatic carbocycles. The Hall–Kier alpha value is -4.07. The summed E-state index contributed by atoms with van der Waals surface area (Å²) in [5, 5.41) is 1.74. The lowest BCUT2D eigenvalue weighted by atomic mass is 9.88. The van der Waals surface area contributed by atoms with Crippen LogP contribution in [-0.4, -0.2) is 29.2 Å². The summed E-state index contributed by atoms with van der Waals surface area (Å²) in [5.41, 5.74) is -0.604. The van der Waals surface area contributed by atoms with Crippen molar-refractivity contribution in [2.24, 2.45) is 0 Å². The SMILES string of the molecule is COC(=O)C(Cc1ccc(Oc2nccc3ccncc23)cc1)c1c(OC(C)C)c(=O)c1=O. The van der Waals surface area contributed by atoms with E-state index in [9.17, 15) is 14.4 Å². The van der Waals surface area contributed by atoms with E-state index in [0.717, 1.165) is 16.3 Å². The molecule has 0 amide bonds. The molecule has 8 heteroatoms. The van der Waals surface area contributed by atoms with Crippen molar-refractivity contribution in [1.82, 2.24) is 9.97 Å². The van der Waals surface area contributed by atoms with Gasteiger partial charge in [0.25, 0.3) is 5.43 Å². The van der Waals surface area contributed by atoms with Crippen molar-refractivity contribution < 1.29 is 19.0 Å². The van der Waals surface area contributed by atoms with Gasteiger partial charge in [-0.15, -0.1) is 0 Å². The number of aromatic nitrogens is 2. The number of ether oxygens (including phenoxy) is 3. The average Bonchev–Trinajstić information content (AvgIpc) is 2.83. The molecule has 2 aromatic carbocycles. The molecule has 0 spiro atoms. The zero-order valence-electron chi connectivity index (χ0n) is 18.4. The first-order chi connectivity index (χ1) is 15.9. The van der Waals surface area contributed by atoms with Crippen molar-refractivity contribution in [1.29, 1.82) is 0 Å². The molecule has 1 atom stereocenters. The maximum atomic E-state index is 12.5. The van der Waals surface area contributed by atoms with Crippen LogP contribution in [0, 0.1) is 0 Å². The molecular formula is C25H22N2O6. The van der Waals surface area contributed by atoms with Crippen LogP contribution in [-0.2, 0) is 16.0 Å². The first kappa shape index (κ1) is 22.1. The van der Waals surface area contributed by atoms with Gasteiger partial charge in [0, 0.05) is 18.6 Å². The van der Waals surface area contributed by atoms with Crippen molar-refractivity contribution >= 4 is 16.7 Å². The fourth-order valence-corrected chi connectivity index (χ4v) is 3.61. The van der Waals surface area contributed by atoms with Crippen molar-refractivity contribution in [3.05, 3.63) is 86.6 Å². The van der Waals surface area contributed by atoms with Crippen LogP contribution in [0.5, 0.6) is 17.4 Å². The summed E-state index contributed by atoms with van der Waals surface area (Å²) in [6.07, 6.45) is 4.91. The van der Waals surface area contributed by atoms with Crippen LogP contribution in [0.4, 0.5) is 0 Å². The molecule has 0 bridgehead atoms. The predicted octanol–water partition coefficient (Wildman–Crippen LogP) is 3.30. The molecule has 0 fully saturated rings. The molecule has 0 aliphatic heterocycles. The quantitative estimate of drug-likeness (QED) is 0.300. The number of hydrogen-bond acceptors (Lipinski definition) is 8. The summed E-state index contributed by atoms with van der Waals surface area (Å²) < 4.78 is 16.3. The topological polar surface area (TPSA) is 105 Å². The Labute approximate surface area is 189 Å². The van der Waals surface area contributed by atoms with Gasteiger partial charge in [-0.25, -0.2) is 4.98 Å². The highest BCUT2D eigenvalue weighted by atomic mass is 16.5. The Kier molecular flexibility index (Phi) is 6.17. The van der Waals surface area contributed by atoms with Gasteiger partial charge in [0.1, 0.15) is 5.75 Å². The Bertz CT molecular complexity index is 1370. The van der Waals surface area contributed by atoms with Crippen LogP contribution in [0.2, 0.25) is 0 Å².